The van der Waals surface area contributed by atoms with Gasteiger partial charge < -0.3 is 15.8 Å². The van der Waals surface area contributed by atoms with Crippen molar-refractivity contribution in [2.75, 3.05) is 12.4 Å². The molecule has 3 N–H and O–H groups in total. The van der Waals surface area contributed by atoms with Crippen LogP contribution in [0.4, 0.5) is 11.4 Å². The first-order chi connectivity index (χ1) is 10.5. The molecule has 0 saturated carbocycles. The maximum atomic E-state index is 12.0. The Morgan fingerprint density at radius 3 is 2.91 bits per heavy atom. The fourth-order valence-electron chi connectivity index (χ4n) is 1.78. The average molecular weight is 322 g/mol. The maximum Gasteiger partial charge on any atom is 0.273 e. The number of amides is 1. The Labute approximate surface area is 130 Å². The van der Waals surface area contributed by atoms with Crippen molar-refractivity contribution >= 4 is 28.6 Å². The van der Waals surface area contributed by atoms with Crippen molar-refractivity contribution in [3.63, 3.8) is 0 Å². The van der Waals surface area contributed by atoms with Crippen LogP contribution in [0.5, 0.6) is 5.75 Å². The molecule has 0 unspecified atom stereocenters. The Bertz CT molecular complexity index is 701. The number of thiazole rings is 1. The highest BCUT2D eigenvalue weighted by atomic mass is 32.1. The molecule has 22 heavy (non-hydrogen) atoms. The van der Waals surface area contributed by atoms with Gasteiger partial charge in [0.2, 0.25) is 5.91 Å². The number of nitrogens with two attached hydrogens (primary N) is 1. The summed E-state index contributed by atoms with van der Waals surface area (Å²) in [5, 5.41) is 15.9. The summed E-state index contributed by atoms with van der Waals surface area (Å²) in [6.45, 7) is 0.336. The van der Waals surface area contributed by atoms with E-state index in [1.54, 1.807) is 5.38 Å². The van der Waals surface area contributed by atoms with Crippen LogP contribution in [0.1, 0.15) is 10.7 Å². The second kappa shape index (κ2) is 6.96. The lowest BCUT2D eigenvalue weighted by molar-refractivity contribution is -0.384. The molecule has 2 aromatic rings. The highest BCUT2D eigenvalue weighted by Crippen LogP contribution is 2.29. The molecule has 0 radical (unpaired) electrons. The van der Waals surface area contributed by atoms with E-state index in [2.05, 4.69) is 10.3 Å². The van der Waals surface area contributed by atoms with Crippen molar-refractivity contribution < 1.29 is 14.5 Å². The van der Waals surface area contributed by atoms with E-state index >= 15 is 0 Å². The zero-order valence-corrected chi connectivity index (χ0v) is 12.6. The third-order valence-electron chi connectivity index (χ3n) is 2.79. The van der Waals surface area contributed by atoms with E-state index in [1.165, 1.54) is 36.6 Å². The van der Waals surface area contributed by atoms with Gasteiger partial charge in [-0.2, -0.15) is 0 Å². The second-order valence-electron chi connectivity index (χ2n) is 4.30. The number of ether oxygens (including phenoxy) is 1. The van der Waals surface area contributed by atoms with E-state index in [0.29, 0.717) is 17.9 Å². The second-order valence-corrected chi connectivity index (χ2v) is 5.25. The molecule has 9 heteroatoms. The summed E-state index contributed by atoms with van der Waals surface area (Å²) >= 11 is 1.39. The maximum absolute atomic E-state index is 12.0. The fourth-order valence-corrected chi connectivity index (χ4v) is 2.45. The lowest BCUT2D eigenvalue weighted by Gasteiger charge is -2.09. The Hall–Kier alpha value is -2.52. The van der Waals surface area contributed by atoms with Crippen LogP contribution in [0.15, 0.2) is 23.6 Å². The summed E-state index contributed by atoms with van der Waals surface area (Å²) < 4.78 is 5.06. The lowest BCUT2D eigenvalue weighted by Crippen LogP contribution is -2.15. The molecule has 2 rings (SSSR count). The molecular formula is C13H14N4O4S. The Morgan fingerprint density at radius 1 is 1.55 bits per heavy atom. The molecule has 0 fully saturated rings. The number of aromatic nitrogens is 1. The highest BCUT2D eigenvalue weighted by molar-refractivity contribution is 7.09. The average Bonchev–Trinajstić information content (AvgIpc) is 2.94. The molecule has 0 aliphatic rings. The minimum Gasteiger partial charge on any atom is -0.494 e. The molecule has 8 nitrogen and oxygen atoms in total. The Morgan fingerprint density at radius 2 is 2.32 bits per heavy atom. The number of carbonyl (C=O) groups excluding carboxylic acids is 1. The number of anilines is 1. The van der Waals surface area contributed by atoms with Crippen LogP contribution in [0, 0.1) is 10.1 Å². The number of carbonyl (C=O) groups is 1. The van der Waals surface area contributed by atoms with Gasteiger partial charge in [-0.1, -0.05) is 0 Å². The van der Waals surface area contributed by atoms with E-state index in [0.717, 1.165) is 5.01 Å². The third kappa shape index (κ3) is 3.77. The Kier molecular flexibility index (Phi) is 5.02. The molecule has 1 aromatic carbocycles. The lowest BCUT2D eigenvalue weighted by atomic mass is 10.2. The molecule has 0 aliphatic carbocycles. The number of rotatable bonds is 6. The van der Waals surface area contributed by atoms with Gasteiger partial charge >= 0.3 is 0 Å². The number of hydrogen-bond acceptors (Lipinski definition) is 7. The zero-order chi connectivity index (χ0) is 16.1. The number of nitro groups is 1. The summed E-state index contributed by atoms with van der Waals surface area (Å²) in [5.74, 6) is -0.0653. The summed E-state index contributed by atoms with van der Waals surface area (Å²) in [6.07, 6.45) is 0.0939. The first-order valence-electron chi connectivity index (χ1n) is 6.29. The zero-order valence-electron chi connectivity index (χ0n) is 11.7. The van der Waals surface area contributed by atoms with Gasteiger partial charge in [0.05, 0.1) is 35.9 Å². The molecule has 0 aliphatic heterocycles. The van der Waals surface area contributed by atoms with Crippen LogP contribution < -0.4 is 15.8 Å². The normalized spacial score (nSPS) is 10.3. The monoisotopic (exact) mass is 322 g/mol. The van der Waals surface area contributed by atoms with Crippen LogP contribution in [-0.2, 0) is 17.8 Å². The van der Waals surface area contributed by atoms with Gasteiger partial charge in [0.1, 0.15) is 10.8 Å². The van der Waals surface area contributed by atoms with Crippen molar-refractivity contribution in [2.24, 2.45) is 5.73 Å². The molecule has 0 atom stereocenters. The van der Waals surface area contributed by atoms with Gasteiger partial charge in [0.25, 0.3) is 5.69 Å². The summed E-state index contributed by atoms with van der Waals surface area (Å²) in [4.78, 5) is 26.4. The number of nitrogens with zero attached hydrogens (tertiary/aromatic N) is 2. The number of nitro benzene ring substituents is 1. The van der Waals surface area contributed by atoms with E-state index < -0.39 is 4.92 Å². The third-order valence-corrected chi connectivity index (χ3v) is 3.71. The molecule has 1 heterocycles. The van der Waals surface area contributed by atoms with Crippen LogP contribution in [-0.4, -0.2) is 22.9 Å². The van der Waals surface area contributed by atoms with E-state index in [4.69, 9.17) is 10.5 Å². The van der Waals surface area contributed by atoms with Gasteiger partial charge in [0.15, 0.2) is 0 Å². The number of non-ortho nitro benzene ring substituents is 1. The molecule has 0 bridgehead atoms. The minimum atomic E-state index is -0.530. The van der Waals surface area contributed by atoms with Crippen molar-refractivity contribution in [3.8, 4) is 5.75 Å². The summed E-state index contributed by atoms with van der Waals surface area (Å²) in [7, 11) is 1.38. The SMILES string of the molecule is COc1cc([N+](=O)[O-])ccc1NC(=O)Cc1csc(CN)n1. The standard InChI is InChI=1S/C13H14N4O4S/c1-21-11-5-9(17(19)20)2-3-10(11)16-12(18)4-8-7-22-13(6-14)15-8/h2-3,5,7H,4,6,14H2,1H3,(H,16,18). The molecular weight excluding hydrogens is 308 g/mol. The molecule has 1 aromatic heterocycles. The number of hydrogen-bond donors (Lipinski definition) is 2. The topological polar surface area (TPSA) is 120 Å². The Balaban J connectivity index is 2.09. The van der Waals surface area contributed by atoms with Crippen LogP contribution in [0.2, 0.25) is 0 Å². The first-order valence-corrected chi connectivity index (χ1v) is 7.17. The molecule has 0 saturated heterocycles. The predicted molar refractivity (Wildman–Crippen MR) is 82.0 cm³/mol. The van der Waals surface area contributed by atoms with E-state index in [1.807, 2.05) is 0 Å². The molecule has 116 valence electrons. The van der Waals surface area contributed by atoms with Crippen LogP contribution in [0.3, 0.4) is 0 Å². The summed E-state index contributed by atoms with van der Waals surface area (Å²) in [5.41, 5.74) is 6.36. The fraction of sp³-hybridized carbons (Fsp3) is 0.231. The number of nitrogens with one attached hydrogen (secondary N) is 1. The highest BCUT2D eigenvalue weighted by Gasteiger charge is 2.14. The van der Waals surface area contributed by atoms with Gasteiger partial charge in [-0.25, -0.2) is 4.98 Å². The molecule has 0 spiro atoms. The number of methoxy groups -OCH3 is 1. The van der Waals surface area contributed by atoms with E-state index in [-0.39, 0.29) is 23.8 Å². The number of benzene rings is 1. The first kappa shape index (κ1) is 15.9. The van der Waals surface area contributed by atoms with Crippen molar-refractivity contribution in [1.82, 2.24) is 4.98 Å². The van der Waals surface area contributed by atoms with Crippen molar-refractivity contribution in [2.45, 2.75) is 13.0 Å². The largest absolute Gasteiger partial charge is 0.494 e. The minimum absolute atomic E-state index is 0.0939. The summed E-state index contributed by atoms with van der Waals surface area (Å²) in [6, 6.07) is 3.99. The van der Waals surface area contributed by atoms with Gasteiger partial charge in [-0.05, 0) is 6.07 Å². The van der Waals surface area contributed by atoms with Gasteiger partial charge in [0, 0.05) is 18.0 Å². The van der Waals surface area contributed by atoms with Crippen LogP contribution >= 0.6 is 11.3 Å². The van der Waals surface area contributed by atoms with Crippen LogP contribution in [0.25, 0.3) is 0 Å². The smallest absolute Gasteiger partial charge is 0.273 e. The van der Waals surface area contributed by atoms with Gasteiger partial charge in [-0.3, -0.25) is 14.9 Å². The predicted octanol–water partition coefficient (Wildman–Crippen LogP) is 1.70. The van der Waals surface area contributed by atoms with Crippen molar-refractivity contribution in [3.05, 3.63) is 44.4 Å². The quantitative estimate of drug-likeness (QED) is 0.617. The van der Waals surface area contributed by atoms with Gasteiger partial charge in [-0.15, -0.1) is 11.3 Å². The van der Waals surface area contributed by atoms with Crippen molar-refractivity contribution in [1.29, 1.82) is 0 Å². The molecule has 1 amide bonds. The van der Waals surface area contributed by atoms with E-state index in [9.17, 15) is 14.9 Å².